The fraction of sp³-hybridized carbons (Fsp3) is 0.111. The average Bonchev–Trinajstić information content (AvgIpc) is 2.65. The summed E-state index contributed by atoms with van der Waals surface area (Å²) in [7, 11) is 0. The van der Waals surface area contributed by atoms with Crippen LogP contribution in [0.4, 0.5) is 0 Å². The third-order valence-electron chi connectivity index (χ3n) is 1.81. The number of hydrogen-bond acceptors (Lipinski definition) is 3. The van der Waals surface area contributed by atoms with Crippen LogP contribution < -0.4 is 0 Å². The fourth-order valence-corrected chi connectivity index (χ4v) is 1.56. The van der Waals surface area contributed by atoms with Crippen LogP contribution >= 0.6 is 15.9 Å². The van der Waals surface area contributed by atoms with Gasteiger partial charge in [0.1, 0.15) is 0 Å². The SMILES string of the molecule is [CH2]Cc1nnnn1-c1cccc(Br)c1. The number of hydrogen-bond donors (Lipinski definition) is 0. The van der Waals surface area contributed by atoms with E-state index in [1.54, 1.807) is 4.68 Å². The maximum absolute atomic E-state index is 3.89. The monoisotopic (exact) mass is 251 g/mol. The molecule has 0 saturated heterocycles. The Labute approximate surface area is 90.1 Å². The lowest BCUT2D eigenvalue weighted by atomic mass is 10.3. The molecule has 0 aliphatic rings. The van der Waals surface area contributed by atoms with Crippen LogP contribution in [0.5, 0.6) is 0 Å². The van der Waals surface area contributed by atoms with Crippen LogP contribution in [-0.2, 0) is 6.42 Å². The quantitative estimate of drug-likeness (QED) is 0.818. The highest BCUT2D eigenvalue weighted by Gasteiger charge is 2.05. The van der Waals surface area contributed by atoms with Crippen molar-refractivity contribution in [2.45, 2.75) is 6.42 Å². The van der Waals surface area contributed by atoms with Gasteiger partial charge in [-0.3, -0.25) is 0 Å². The summed E-state index contributed by atoms with van der Waals surface area (Å²) >= 11 is 3.40. The minimum atomic E-state index is 0.569. The molecule has 2 rings (SSSR count). The molecule has 1 aromatic heterocycles. The number of benzene rings is 1. The second-order valence-corrected chi connectivity index (χ2v) is 3.65. The van der Waals surface area contributed by atoms with Crippen molar-refractivity contribution in [3.05, 3.63) is 41.5 Å². The lowest BCUT2D eigenvalue weighted by Crippen LogP contribution is -2.01. The first kappa shape index (κ1) is 9.33. The minimum absolute atomic E-state index is 0.569. The topological polar surface area (TPSA) is 43.6 Å². The van der Waals surface area contributed by atoms with Crippen molar-refractivity contribution in [1.82, 2.24) is 20.2 Å². The van der Waals surface area contributed by atoms with Crippen LogP contribution in [0.1, 0.15) is 5.82 Å². The molecule has 0 aliphatic carbocycles. The second kappa shape index (κ2) is 3.88. The third kappa shape index (κ3) is 1.68. The average molecular weight is 252 g/mol. The Morgan fingerprint density at radius 1 is 1.43 bits per heavy atom. The van der Waals surface area contributed by atoms with E-state index in [0.29, 0.717) is 6.42 Å². The largest absolute Gasteiger partial charge is 0.197 e. The number of tetrazole rings is 1. The lowest BCUT2D eigenvalue weighted by Gasteiger charge is -2.02. The van der Waals surface area contributed by atoms with Gasteiger partial charge in [-0.25, -0.2) is 0 Å². The molecule has 0 unspecified atom stereocenters. The zero-order valence-corrected chi connectivity index (χ0v) is 8.98. The van der Waals surface area contributed by atoms with E-state index in [0.717, 1.165) is 16.0 Å². The number of halogens is 1. The van der Waals surface area contributed by atoms with Gasteiger partial charge in [-0.2, -0.15) is 4.68 Å². The van der Waals surface area contributed by atoms with Crippen molar-refractivity contribution in [3.8, 4) is 5.69 Å². The zero-order valence-electron chi connectivity index (χ0n) is 7.39. The van der Waals surface area contributed by atoms with Crippen molar-refractivity contribution >= 4 is 15.9 Å². The van der Waals surface area contributed by atoms with Crippen LogP contribution in [0.25, 0.3) is 5.69 Å². The predicted molar refractivity (Wildman–Crippen MR) is 55.9 cm³/mol. The van der Waals surface area contributed by atoms with Gasteiger partial charge in [-0.1, -0.05) is 22.0 Å². The molecule has 0 N–H and O–H groups in total. The van der Waals surface area contributed by atoms with Gasteiger partial charge in [0.2, 0.25) is 0 Å². The van der Waals surface area contributed by atoms with E-state index in [4.69, 9.17) is 0 Å². The Hall–Kier alpha value is -1.23. The molecule has 0 spiro atoms. The second-order valence-electron chi connectivity index (χ2n) is 2.74. The van der Waals surface area contributed by atoms with E-state index < -0.39 is 0 Å². The molecule has 2 aromatic rings. The first-order chi connectivity index (χ1) is 6.81. The van der Waals surface area contributed by atoms with E-state index in [1.807, 2.05) is 24.3 Å². The molecule has 0 saturated carbocycles. The summed E-state index contributed by atoms with van der Waals surface area (Å²) in [6, 6.07) is 7.79. The lowest BCUT2D eigenvalue weighted by molar-refractivity contribution is 0.772. The molecular weight excluding hydrogens is 244 g/mol. The Bertz CT molecular complexity index is 438. The molecule has 0 fully saturated rings. The molecule has 14 heavy (non-hydrogen) atoms. The zero-order chi connectivity index (χ0) is 9.97. The van der Waals surface area contributed by atoms with Gasteiger partial charge in [0.05, 0.1) is 5.69 Å². The van der Waals surface area contributed by atoms with Crippen LogP contribution in [0.15, 0.2) is 28.7 Å². The summed E-state index contributed by atoms with van der Waals surface area (Å²) in [6.07, 6.45) is 0.569. The first-order valence-electron chi connectivity index (χ1n) is 4.13. The van der Waals surface area contributed by atoms with Crippen LogP contribution in [0.3, 0.4) is 0 Å². The smallest absolute Gasteiger partial charge is 0.156 e. The van der Waals surface area contributed by atoms with E-state index in [9.17, 15) is 0 Å². The number of aromatic nitrogens is 4. The van der Waals surface area contributed by atoms with Crippen molar-refractivity contribution in [2.24, 2.45) is 0 Å². The maximum atomic E-state index is 3.89. The van der Waals surface area contributed by atoms with E-state index >= 15 is 0 Å². The molecule has 1 heterocycles. The van der Waals surface area contributed by atoms with Crippen LogP contribution in [0.2, 0.25) is 0 Å². The molecule has 71 valence electrons. The van der Waals surface area contributed by atoms with Gasteiger partial charge >= 0.3 is 0 Å². The third-order valence-corrected chi connectivity index (χ3v) is 2.30. The summed E-state index contributed by atoms with van der Waals surface area (Å²) in [5.74, 6) is 0.753. The summed E-state index contributed by atoms with van der Waals surface area (Å²) in [6.45, 7) is 3.76. The molecule has 0 amide bonds. The summed E-state index contributed by atoms with van der Waals surface area (Å²) in [4.78, 5) is 0. The maximum Gasteiger partial charge on any atom is 0.156 e. The Balaban J connectivity index is 2.49. The Morgan fingerprint density at radius 2 is 2.29 bits per heavy atom. The number of nitrogens with zero attached hydrogens (tertiary/aromatic N) is 4. The highest BCUT2D eigenvalue weighted by Crippen LogP contribution is 2.15. The highest BCUT2D eigenvalue weighted by atomic mass is 79.9. The van der Waals surface area contributed by atoms with Gasteiger partial charge in [0.25, 0.3) is 0 Å². The Kier molecular flexibility index (Phi) is 2.58. The van der Waals surface area contributed by atoms with E-state index in [1.165, 1.54) is 0 Å². The molecule has 4 nitrogen and oxygen atoms in total. The van der Waals surface area contributed by atoms with E-state index in [-0.39, 0.29) is 0 Å². The van der Waals surface area contributed by atoms with E-state index in [2.05, 4.69) is 38.4 Å². The van der Waals surface area contributed by atoms with Gasteiger partial charge in [-0.15, -0.1) is 5.10 Å². The van der Waals surface area contributed by atoms with Crippen LogP contribution in [0, 0.1) is 6.92 Å². The molecule has 0 bridgehead atoms. The van der Waals surface area contributed by atoms with Crippen molar-refractivity contribution in [2.75, 3.05) is 0 Å². The minimum Gasteiger partial charge on any atom is -0.197 e. The molecule has 0 atom stereocenters. The van der Waals surface area contributed by atoms with Gasteiger partial charge < -0.3 is 0 Å². The van der Waals surface area contributed by atoms with Crippen molar-refractivity contribution < 1.29 is 0 Å². The summed E-state index contributed by atoms with van der Waals surface area (Å²) in [5, 5.41) is 11.4. The fourth-order valence-electron chi connectivity index (χ4n) is 1.17. The normalized spacial score (nSPS) is 10.4. The van der Waals surface area contributed by atoms with Crippen molar-refractivity contribution in [3.63, 3.8) is 0 Å². The van der Waals surface area contributed by atoms with Gasteiger partial charge in [-0.05, 0) is 35.5 Å². The first-order valence-corrected chi connectivity index (χ1v) is 4.93. The number of rotatable bonds is 2. The molecular formula is C9H8BrN4. The van der Waals surface area contributed by atoms with Gasteiger partial charge in [0, 0.05) is 10.9 Å². The summed E-state index contributed by atoms with van der Waals surface area (Å²) < 4.78 is 2.68. The molecule has 5 heteroatoms. The van der Waals surface area contributed by atoms with Gasteiger partial charge in [0.15, 0.2) is 5.82 Å². The predicted octanol–water partition coefficient (Wildman–Crippen LogP) is 1.80. The highest BCUT2D eigenvalue weighted by molar-refractivity contribution is 9.10. The van der Waals surface area contributed by atoms with Crippen molar-refractivity contribution in [1.29, 1.82) is 0 Å². The summed E-state index contributed by atoms with van der Waals surface area (Å²) in [5.41, 5.74) is 0.933. The molecule has 1 aromatic carbocycles. The molecule has 0 aliphatic heterocycles. The molecule has 1 radical (unpaired) electrons. The Morgan fingerprint density at radius 3 is 3.00 bits per heavy atom. The van der Waals surface area contributed by atoms with Crippen LogP contribution in [-0.4, -0.2) is 20.2 Å². The standard InChI is InChI=1S/C9H8BrN4/c1-2-9-11-12-13-14(9)8-5-3-4-7(10)6-8/h3-6H,1-2H2.